The third-order valence-corrected chi connectivity index (χ3v) is 5.25. The smallest absolute Gasteiger partial charge is 0.282 e. The maximum atomic E-state index is 12.7. The summed E-state index contributed by atoms with van der Waals surface area (Å²) in [5, 5.41) is 5.04. The van der Waals surface area contributed by atoms with E-state index >= 15 is 0 Å². The van der Waals surface area contributed by atoms with Crippen molar-refractivity contribution in [2.45, 2.75) is 59.0 Å². The summed E-state index contributed by atoms with van der Waals surface area (Å²) in [5.74, 6) is -0.159. The van der Waals surface area contributed by atoms with Gasteiger partial charge in [0.1, 0.15) is 6.04 Å². The minimum Gasteiger partial charge on any atom is -0.366 e. The summed E-state index contributed by atoms with van der Waals surface area (Å²) in [5.41, 5.74) is 8.93. The van der Waals surface area contributed by atoms with Crippen LogP contribution in [0, 0.1) is 5.92 Å². The number of primary amides is 1. The van der Waals surface area contributed by atoms with E-state index < -0.39 is 5.91 Å². The highest BCUT2D eigenvalue weighted by Gasteiger charge is 2.26. The fourth-order valence-electron chi connectivity index (χ4n) is 3.38. The van der Waals surface area contributed by atoms with Crippen LogP contribution in [-0.4, -0.2) is 17.9 Å². The number of unbranched alkanes of at least 4 members (excludes halogenated alkanes) is 1. The summed E-state index contributed by atoms with van der Waals surface area (Å²) in [4.78, 5) is 23.8. The predicted octanol–water partition coefficient (Wildman–Crippen LogP) is 3.42. The van der Waals surface area contributed by atoms with Gasteiger partial charge in [-0.15, -0.1) is 0 Å². The Morgan fingerprint density at radius 2 is 1.62 bits per heavy atom. The van der Waals surface area contributed by atoms with E-state index in [1.807, 2.05) is 6.92 Å². The van der Waals surface area contributed by atoms with Crippen molar-refractivity contribution in [3.63, 3.8) is 0 Å². The van der Waals surface area contributed by atoms with Crippen LogP contribution in [0.1, 0.15) is 68.1 Å². The second-order valence-corrected chi connectivity index (χ2v) is 8.03. The van der Waals surface area contributed by atoms with Crippen molar-refractivity contribution in [1.29, 1.82) is 0 Å². The fourth-order valence-corrected chi connectivity index (χ4v) is 3.38. The number of hydrogen-bond donors (Lipinski definition) is 3. The van der Waals surface area contributed by atoms with Gasteiger partial charge in [0.15, 0.2) is 6.04 Å². The highest BCUT2D eigenvalue weighted by molar-refractivity contribution is 5.95. The van der Waals surface area contributed by atoms with Gasteiger partial charge in [-0.05, 0) is 49.6 Å². The van der Waals surface area contributed by atoms with Crippen molar-refractivity contribution in [1.82, 2.24) is 0 Å². The molecule has 0 heterocycles. The molecule has 2 atom stereocenters. The van der Waals surface area contributed by atoms with E-state index in [0.29, 0.717) is 17.2 Å². The third-order valence-electron chi connectivity index (χ3n) is 5.25. The number of quaternary nitrogens is 1. The lowest BCUT2D eigenvalue weighted by atomic mass is 9.93. The molecule has 156 valence electrons. The zero-order valence-electron chi connectivity index (χ0n) is 17.9. The number of amides is 2. The SMILES string of the molecule is CCCCc1ccc([C@H]([NH2+][C@@H](C)C(=O)Nc2ccc(C(N)=O)cc2)C(C)C)cc1. The van der Waals surface area contributed by atoms with Gasteiger partial charge in [-0.3, -0.25) is 9.59 Å². The lowest BCUT2D eigenvalue weighted by Gasteiger charge is -2.23. The summed E-state index contributed by atoms with van der Waals surface area (Å²) in [6.45, 7) is 8.48. The molecule has 0 aromatic heterocycles. The molecule has 5 nitrogen and oxygen atoms in total. The number of anilines is 1. The molecular weight excluding hydrogens is 362 g/mol. The third kappa shape index (κ3) is 6.71. The van der Waals surface area contributed by atoms with Gasteiger partial charge >= 0.3 is 0 Å². The van der Waals surface area contributed by atoms with Gasteiger partial charge in [0.25, 0.3) is 5.91 Å². The fraction of sp³-hybridized carbons (Fsp3) is 0.417. The van der Waals surface area contributed by atoms with E-state index in [1.54, 1.807) is 24.3 Å². The normalized spacial score (nSPS) is 13.1. The number of carbonyl (C=O) groups is 2. The molecule has 5 heteroatoms. The van der Waals surface area contributed by atoms with Gasteiger partial charge < -0.3 is 16.4 Å². The molecule has 2 aromatic rings. The molecule has 0 saturated heterocycles. The van der Waals surface area contributed by atoms with Gasteiger partial charge in [-0.1, -0.05) is 51.5 Å². The summed E-state index contributed by atoms with van der Waals surface area (Å²) >= 11 is 0. The monoisotopic (exact) mass is 396 g/mol. The number of nitrogens with one attached hydrogen (secondary N) is 1. The average Bonchev–Trinajstić information content (AvgIpc) is 2.70. The van der Waals surface area contributed by atoms with Crippen molar-refractivity contribution in [2.24, 2.45) is 11.7 Å². The number of benzene rings is 2. The first-order valence-electron chi connectivity index (χ1n) is 10.5. The summed E-state index contributed by atoms with van der Waals surface area (Å²) < 4.78 is 0. The van der Waals surface area contributed by atoms with Crippen LogP contribution >= 0.6 is 0 Å². The van der Waals surface area contributed by atoms with Crippen LogP contribution in [0.3, 0.4) is 0 Å². The quantitative estimate of drug-likeness (QED) is 0.574. The highest BCUT2D eigenvalue weighted by atomic mass is 16.2. The van der Waals surface area contributed by atoms with Crippen LogP contribution < -0.4 is 16.4 Å². The number of hydrogen-bond acceptors (Lipinski definition) is 2. The molecule has 29 heavy (non-hydrogen) atoms. The number of rotatable bonds is 10. The Labute approximate surface area is 174 Å². The first kappa shape index (κ1) is 22.6. The Kier molecular flexibility index (Phi) is 8.40. The average molecular weight is 397 g/mol. The molecule has 2 aromatic carbocycles. The molecule has 0 aliphatic heterocycles. The summed E-state index contributed by atoms with van der Waals surface area (Å²) in [6.07, 6.45) is 3.51. The predicted molar refractivity (Wildman–Crippen MR) is 118 cm³/mol. The molecule has 0 fully saturated rings. The second-order valence-electron chi connectivity index (χ2n) is 8.03. The molecule has 5 N–H and O–H groups in total. The van der Waals surface area contributed by atoms with Gasteiger partial charge in [-0.2, -0.15) is 0 Å². The topological polar surface area (TPSA) is 88.8 Å². The van der Waals surface area contributed by atoms with Crippen molar-refractivity contribution >= 4 is 17.5 Å². The molecule has 2 amide bonds. The second kappa shape index (κ2) is 10.8. The largest absolute Gasteiger partial charge is 0.366 e. The molecule has 2 rings (SSSR count). The summed E-state index contributed by atoms with van der Waals surface area (Å²) in [7, 11) is 0. The maximum absolute atomic E-state index is 12.7. The standard InChI is InChI=1S/C24H33N3O2/c1-5-6-7-18-8-10-19(11-9-18)22(16(2)3)26-17(4)24(29)27-21-14-12-20(13-15-21)23(25)28/h8-17,22,26H,5-7H2,1-4H3,(H2,25,28)(H,27,29)/p+1/t17-,22+/m0/s1. The minimum absolute atomic E-state index is 0.0676. The highest BCUT2D eigenvalue weighted by Crippen LogP contribution is 2.19. The van der Waals surface area contributed by atoms with Crippen molar-refractivity contribution in [3.8, 4) is 0 Å². The van der Waals surface area contributed by atoms with Gasteiger partial charge in [0.2, 0.25) is 5.91 Å². The molecule has 0 aliphatic rings. The zero-order valence-corrected chi connectivity index (χ0v) is 17.9. The van der Waals surface area contributed by atoms with Gasteiger partial charge in [-0.25, -0.2) is 0 Å². The van der Waals surface area contributed by atoms with Crippen LogP contribution in [0.5, 0.6) is 0 Å². The van der Waals surface area contributed by atoms with Gasteiger partial charge in [0.05, 0.1) is 0 Å². The number of carbonyl (C=O) groups excluding carboxylic acids is 2. The Hall–Kier alpha value is -2.66. The van der Waals surface area contributed by atoms with Crippen molar-refractivity contribution < 1.29 is 14.9 Å². The lowest BCUT2D eigenvalue weighted by molar-refractivity contribution is -0.718. The molecule has 0 saturated carbocycles. The van der Waals surface area contributed by atoms with Crippen LogP contribution in [0.25, 0.3) is 0 Å². The Morgan fingerprint density at radius 3 is 2.14 bits per heavy atom. The lowest BCUT2D eigenvalue weighted by Crippen LogP contribution is -2.93. The Balaban J connectivity index is 2.01. The Morgan fingerprint density at radius 1 is 1.00 bits per heavy atom. The van der Waals surface area contributed by atoms with E-state index in [4.69, 9.17) is 5.73 Å². The molecule has 0 spiro atoms. The van der Waals surface area contributed by atoms with E-state index in [-0.39, 0.29) is 18.0 Å². The first-order valence-corrected chi connectivity index (χ1v) is 10.5. The van der Waals surface area contributed by atoms with Crippen LogP contribution in [0.2, 0.25) is 0 Å². The molecular formula is C24H34N3O2+. The molecule has 0 bridgehead atoms. The number of nitrogens with two attached hydrogens (primary N) is 2. The van der Waals surface area contributed by atoms with Crippen molar-refractivity contribution in [2.75, 3.05) is 5.32 Å². The zero-order chi connectivity index (χ0) is 21.4. The van der Waals surface area contributed by atoms with Crippen LogP contribution in [0.4, 0.5) is 5.69 Å². The maximum Gasteiger partial charge on any atom is 0.282 e. The van der Waals surface area contributed by atoms with E-state index in [1.165, 1.54) is 24.0 Å². The molecule has 0 unspecified atom stereocenters. The molecule has 0 aliphatic carbocycles. The van der Waals surface area contributed by atoms with E-state index in [0.717, 1.165) is 6.42 Å². The van der Waals surface area contributed by atoms with Crippen molar-refractivity contribution in [3.05, 3.63) is 65.2 Å². The van der Waals surface area contributed by atoms with E-state index in [2.05, 4.69) is 55.7 Å². The minimum atomic E-state index is -0.481. The summed E-state index contributed by atoms with van der Waals surface area (Å²) in [6, 6.07) is 15.4. The Bertz CT molecular complexity index is 798. The van der Waals surface area contributed by atoms with Gasteiger partial charge in [0, 0.05) is 22.7 Å². The van der Waals surface area contributed by atoms with E-state index in [9.17, 15) is 9.59 Å². The van der Waals surface area contributed by atoms with Crippen LogP contribution in [-0.2, 0) is 11.2 Å². The number of aryl methyl sites for hydroxylation is 1. The first-order chi connectivity index (χ1) is 13.8. The molecule has 0 radical (unpaired) electrons. The van der Waals surface area contributed by atoms with Crippen LogP contribution in [0.15, 0.2) is 48.5 Å².